The van der Waals surface area contributed by atoms with Gasteiger partial charge in [-0.05, 0) is 36.1 Å². The topological polar surface area (TPSA) is 125 Å². The van der Waals surface area contributed by atoms with Crippen molar-refractivity contribution >= 4 is 35.5 Å². The van der Waals surface area contributed by atoms with E-state index in [9.17, 15) is 19.6 Å². The maximum atomic E-state index is 13.5. The summed E-state index contributed by atoms with van der Waals surface area (Å²) < 4.78 is 1.95. The number of aryl methyl sites for hydroxylation is 1. The van der Waals surface area contributed by atoms with Crippen LogP contribution in [0.3, 0.4) is 0 Å². The van der Waals surface area contributed by atoms with Crippen LogP contribution in [0.1, 0.15) is 42.6 Å². The van der Waals surface area contributed by atoms with Crippen molar-refractivity contribution in [2.75, 3.05) is 6.54 Å². The summed E-state index contributed by atoms with van der Waals surface area (Å²) in [5.41, 5.74) is 1.53. The largest absolute Gasteiger partial charge is 0.475 e. The molecule has 2 unspecified atom stereocenters. The first-order valence-corrected chi connectivity index (χ1v) is 12.5. The van der Waals surface area contributed by atoms with Crippen LogP contribution in [-0.4, -0.2) is 57.3 Å². The molecule has 1 aliphatic heterocycles. The Morgan fingerprint density at radius 1 is 1.14 bits per heavy atom. The molecule has 2 atom stereocenters. The molecule has 4 rings (SSSR count). The molecule has 9 nitrogen and oxygen atoms in total. The van der Waals surface area contributed by atoms with E-state index in [1.807, 2.05) is 80.2 Å². The van der Waals surface area contributed by atoms with Crippen molar-refractivity contribution in [3.63, 3.8) is 0 Å². The Labute approximate surface area is 216 Å². The van der Waals surface area contributed by atoms with E-state index in [1.165, 1.54) is 0 Å². The third-order valence-corrected chi connectivity index (χ3v) is 6.61. The van der Waals surface area contributed by atoms with Crippen molar-refractivity contribution in [1.82, 2.24) is 15.2 Å². The van der Waals surface area contributed by atoms with Gasteiger partial charge in [0.2, 0.25) is 5.60 Å². The minimum Gasteiger partial charge on any atom is -0.426 e. The number of fused-ring (bicyclic) bond motifs is 1. The number of oxime groups is 1. The van der Waals surface area contributed by atoms with Crippen molar-refractivity contribution in [1.29, 1.82) is 0 Å². The third kappa shape index (κ3) is 6.03. The normalized spacial score (nSPS) is 17.8. The van der Waals surface area contributed by atoms with Gasteiger partial charge in [0.05, 0.1) is 18.2 Å². The van der Waals surface area contributed by atoms with Gasteiger partial charge in [-0.25, -0.2) is 0 Å². The Morgan fingerprint density at radius 2 is 1.89 bits per heavy atom. The molecule has 0 spiro atoms. The lowest BCUT2D eigenvalue weighted by atomic mass is 9.74. The monoisotopic (exact) mass is 504 g/mol. The summed E-state index contributed by atoms with van der Waals surface area (Å²) in [5, 5.41) is 30.3. The molecule has 0 radical (unpaired) electrons. The highest BCUT2D eigenvalue weighted by Gasteiger charge is 2.48. The maximum absolute atomic E-state index is 13.5. The zero-order valence-corrected chi connectivity index (χ0v) is 21.3. The van der Waals surface area contributed by atoms with Gasteiger partial charge in [-0.3, -0.25) is 9.59 Å². The summed E-state index contributed by atoms with van der Waals surface area (Å²) in [6.07, 6.45) is 2.68. The summed E-state index contributed by atoms with van der Waals surface area (Å²) in [7, 11) is 0.218. The Bertz CT molecular complexity index is 1290. The fourth-order valence-electron chi connectivity index (χ4n) is 4.70. The quantitative estimate of drug-likeness (QED) is 0.315. The lowest BCUT2D eigenvalue weighted by Crippen LogP contribution is -2.56. The number of nitrogens with one attached hydrogen (secondary N) is 2. The number of hydrogen-bond acceptors (Lipinski definition) is 6. The van der Waals surface area contributed by atoms with Gasteiger partial charge in [0, 0.05) is 42.6 Å². The number of aromatic nitrogens is 1. The summed E-state index contributed by atoms with van der Waals surface area (Å²) in [4.78, 5) is 32.3. The summed E-state index contributed by atoms with van der Waals surface area (Å²) in [5.74, 6) is -1.43. The number of nitrogens with zero attached hydrogens (tertiary/aromatic N) is 2. The molecular weight excluding hydrogens is 471 g/mol. The highest BCUT2D eigenvalue weighted by Crippen LogP contribution is 2.29. The molecule has 10 heteroatoms. The molecule has 2 amide bonds. The van der Waals surface area contributed by atoms with Crippen LogP contribution in [0.5, 0.6) is 0 Å². The Kier molecular flexibility index (Phi) is 7.99. The van der Waals surface area contributed by atoms with Gasteiger partial charge in [0.15, 0.2) is 0 Å². The Morgan fingerprint density at radius 3 is 2.59 bits per heavy atom. The predicted octanol–water partition coefficient (Wildman–Crippen LogP) is 2.21. The molecule has 0 bridgehead atoms. The van der Waals surface area contributed by atoms with Gasteiger partial charge in [0.1, 0.15) is 0 Å². The van der Waals surface area contributed by atoms with Crippen LogP contribution in [-0.2, 0) is 23.1 Å². The standard InChI is InChI=1S/C27H33BN4O5/c1-18(2)14-24(28(35)36)30-26(34)27(15-19-8-5-4-6-9-19)16-20(31-37-27)17-29-25(33)22-10-7-11-23-21(22)12-13-32(23)3/h4-13,18,24,35-36H,14-17H2,1-3H3,(H,29,33)(H,30,34). The van der Waals surface area contributed by atoms with E-state index in [2.05, 4.69) is 15.8 Å². The minimum absolute atomic E-state index is 0.115. The van der Waals surface area contributed by atoms with Gasteiger partial charge < -0.3 is 30.1 Å². The zero-order valence-electron chi connectivity index (χ0n) is 21.3. The van der Waals surface area contributed by atoms with Crippen molar-refractivity contribution in [3.05, 3.63) is 71.9 Å². The van der Waals surface area contributed by atoms with Crippen molar-refractivity contribution in [3.8, 4) is 0 Å². The van der Waals surface area contributed by atoms with E-state index in [1.54, 1.807) is 6.07 Å². The third-order valence-electron chi connectivity index (χ3n) is 6.61. The lowest BCUT2D eigenvalue weighted by Gasteiger charge is -2.29. The van der Waals surface area contributed by atoms with E-state index in [4.69, 9.17) is 4.84 Å². The van der Waals surface area contributed by atoms with Crippen LogP contribution in [0.25, 0.3) is 10.9 Å². The van der Waals surface area contributed by atoms with Crippen LogP contribution in [0.2, 0.25) is 0 Å². The summed E-state index contributed by atoms with van der Waals surface area (Å²) in [6, 6.07) is 16.9. The number of amides is 2. The number of carbonyl (C=O) groups is 2. The molecule has 3 aromatic rings. The molecule has 194 valence electrons. The number of hydrogen-bond donors (Lipinski definition) is 4. The van der Waals surface area contributed by atoms with Gasteiger partial charge in [-0.1, -0.05) is 55.4 Å². The molecule has 4 N–H and O–H groups in total. The first-order chi connectivity index (χ1) is 17.7. The average Bonchev–Trinajstić information content (AvgIpc) is 3.46. The van der Waals surface area contributed by atoms with Crippen LogP contribution in [0.4, 0.5) is 0 Å². The molecule has 0 aliphatic carbocycles. The first-order valence-electron chi connectivity index (χ1n) is 12.5. The zero-order chi connectivity index (χ0) is 26.6. The van der Waals surface area contributed by atoms with E-state index in [-0.39, 0.29) is 31.2 Å². The fraction of sp³-hybridized carbons (Fsp3) is 0.370. The summed E-state index contributed by atoms with van der Waals surface area (Å²) >= 11 is 0. The van der Waals surface area contributed by atoms with Gasteiger partial charge in [-0.15, -0.1) is 0 Å². The molecule has 2 aromatic carbocycles. The molecule has 1 aromatic heterocycles. The lowest BCUT2D eigenvalue weighted by molar-refractivity contribution is -0.144. The molecule has 37 heavy (non-hydrogen) atoms. The number of benzene rings is 2. The fourth-order valence-corrected chi connectivity index (χ4v) is 4.70. The van der Waals surface area contributed by atoms with Gasteiger partial charge >= 0.3 is 7.12 Å². The van der Waals surface area contributed by atoms with E-state index in [0.717, 1.165) is 16.5 Å². The molecule has 1 aliphatic rings. The smallest absolute Gasteiger partial charge is 0.426 e. The highest BCUT2D eigenvalue weighted by atomic mass is 16.7. The predicted molar refractivity (Wildman–Crippen MR) is 143 cm³/mol. The number of rotatable bonds is 10. The second-order valence-electron chi connectivity index (χ2n) is 10.1. The average molecular weight is 504 g/mol. The Balaban J connectivity index is 1.48. The number of carbonyl (C=O) groups excluding carboxylic acids is 2. The highest BCUT2D eigenvalue weighted by molar-refractivity contribution is 6.43. The molecule has 0 fully saturated rings. The molecule has 0 saturated heterocycles. The Hall–Kier alpha value is -3.63. The van der Waals surface area contributed by atoms with E-state index >= 15 is 0 Å². The second-order valence-corrected chi connectivity index (χ2v) is 10.1. The van der Waals surface area contributed by atoms with E-state index < -0.39 is 24.6 Å². The van der Waals surface area contributed by atoms with Crippen LogP contribution < -0.4 is 10.6 Å². The van der Waals surface area contributed by atoms with Crippen molar-refractivity contribution in [2.24, 2.45) is 18.1 Å². The first kappa shape index (κ1) is 26.4. The van der Waals surface area contributed by atoms with Gasteiger partial charge in [0.25, 0.3) is 11.8 Å². The van der Waals surface area contributed by atoms with E-state index in [0.29, 0.717) is 17.7 Å². The minimum atomic E-state index is -1.71. The van der Waals surface area contributed by atoms with Crippen LogP contribution in [0.15, 0.2) is 65.9 Å². The van der Waals surface area contributed by atoms with Gasteiger partial charge in [-0.2, -0.15) is 0 Å². The van der Waals surface area contributed by atoms with Crippen LogP contribution in [0, 0.1) is 5.92 Å². The maximum Gasteiger partial charge on any atom is 0.475 e. The summed E-state index contributed by atoms with van der Waals surface area (Å²) in [6.45, 7) is 3.99. The molecular formula is C27H33BN4O5. The van der Waals surface area contributed by atoms with Crippen molar-refractivity contribution in [2.45, 2.75) is 44.7 Å². The van der Waals surface area contributed by atoms with Crippen molar-refractivity contribution < 1.29 is 24.5 Å². The second kappa shape index (κ2) is 11.2. The molecule has 2 heterocycles. The molecule has 0 saturated carbocycles. The SMILES string of the molecule is CC(C)CC(NC(=O)C1(Cc2ccccc2)CC(CNC(=O)c2cccc3c2ccn3C)=NO1)B(O)O. The van der Waals surface area contributed by atoms with Crippen LogP contribution >= 0.6 is 0 Å².